The van der Waals surface area contributed by atoms with E-state index < -0.39 is 11.6 Å². The Balaban J connectivity index is 2.15. The summed E-state index contributed by atoms with van der Waals surface area (Å²) < 4.78 is 27.8. The molecule has 2 aromatic rings. The Morgan fingerprint density at radius 3 is 2.44 bits per heavy atom. The van der Waals surface area contributed by atoms with Crippen molar-refractivity contribution in [1.82, 2.24) is 0 Å². The Hall–Kier alpha value is 0.0300. The van der Waals surface area contributed by atoms with E-state index >= 15 is 0 Å². The lowest BCUT2D eigenvalue weighted by Gasteiger charge is -2.07. The highest BCUT2D eigenvalue weighted by atomic mass is 79.9. The predicted molar refractivity (Wildman–Crippen MR) is 78.4 cm³/mol. The van der Waals surface area contributed by atoms with Crippen LogP contribution >= 0.6 is 54.8 Å². The lowest BCUT2D eigenvalue weighted by molar-refractivity contribution is 0.507. The highest BCUT2D eigenvalue weighted by Crippen LogP contribution is 2.38. The van der Waals surface area contributed by atoms with E-state index in [9.17, 15) is 8.78 Å². The molecule has 2 rings (SSSR count). The average molecular weight is 417 g/mol. The number of halogens is 5. The molecular weight excluding hydrogens is 409 g/mol. The van der Waals surface area contributed by atoms with Crippen LogP contribution in [0.3, 0.4) is 0 Å². The largest absolute Gasteiger partial charge is 0.204 e. The Bertz CT molecular complexity index is 552. The highest BCUT2D eigenvalue weighted by Gasteiger charge is 2.15. The van der Waals surface area contributed by atoms with Crippen molar-refractivity contribution in [2.24, 2.45) is 0 Å². The Morgan fingerprint density at radius 2 is 1.89 bits per heavy atom. The van der Waals surface area contributed by atoms with Crippen LogP contribution in [0.5, 0.6) is 0 Å². The van der Waals surface area contributed by atoms with Gasteiger partial charge in [0.05, 0.1) is 9.16 Å². The summed E-state index contributed by atoms with van der Waals surface area (Å²) in [5.74, 6) is -1.68. The van der Waals surface area contributed by atoms with Gasteiger partial charge in [0.25, 0.3) is 0 Å². The van der Waals surface area contributed by atoms with Gasteiger partial charge in [0.1, 0.15) is 0 Å². The van der Waals surface area contributed by atoms with Crippen molar-refractivity contribution in [1.29, 1.82) is 0 Å². The van der Waals surface area contributed by atoms with Crippen LogP contribution in [0.25, 0.3) is 0 Å². The van der Waals surface area contributed by atoms with Crippen molar-refractivity contribution in [3.63, 3.8) is 0 Å². The minimum absolute atomic E-state index is 0.262. The molecule has 1 heterocycles. The quantitative estimate of drug-likeness (QED) is 0.533. The van der Waals surface area contributed by atoms with Gasteiger partial charge >= 0.3 is 0 Å². The standard InChI is InChI=1S/C12H7Br2ClF2S/c13-7-5-11(18-12(7)14)8(15)3-6-1-2-9(16)10(17)4-6/h1-2,4-5,8H,3H2. The second kappa shape index (κ2) is 5.99. The maximum Gasteiger partial charge on any atom is 0.159 e. The normalized spacial score (nSPS) is 12.7. The maximum absolute atomic E-state index is 13.1. The van der Waals surface area contributed by atoms with Gasteiger partial charge in [-0.3, -0.25) is 0 Å². The molecule has 18 heavy (non-hydrogen) atoms. The van der Waals surface area contributed by atoms with E-state index in [0.717, 1.165) is 19.2 Å². The van der Waals surface area contributed by atoms with Crippen molar-refractivity contribution in [3.8, 4) is 0 Å². The van der Waals surface area contributed by atoms with Gasteiger partial charge in [0.2, 0.25) is 0 Å². The van der Waals surface area contributed by atoms with E-state index in [0.29, 0.717) is 12.0 Å². The van der Waals surface area contributed by atoms with E-state index in [4.69, 9.17) is 11.6 Å². The summed E-state index contributed by atoms with van der Waals surface area (Å²) >= 11 is 14.6. The first-order valence-electron chi connectivity index (χ1n) is 5.00. The molecule has 6 heteroatoms. The van der Waals surface area contributed by atoms with Crippen molar-refractivity contribution in [3.05, 3.63) is 54.6 Å². The maximum atomic E-state index is 13.1. The van der Waals surface area contributed by atoms with Gasteiger partial charge in [-0.15, -0.1) is 22.9 Å². The van der Waals surface area contributed by atoms with Crippen LogP contribution < -0.4 is 0 Å². The van der Waals surface area contributed by atoms with Gasteiger partial charge in [-0.1, -0.05) is 6.07 Å². The van der Waals surface area contributed by atoms with Gasteiger partial charge in [-0.05, 0) is 62.0 Å². The third kappa shape index (κ3) is 3.32. The Kier molecular flexibility index (Phi) is 4.80. The number of hydrogen-bond acceptors (Lipinski definition) is 1. The molecule has 0 aliphatic rings. The van der Waals surface area contributed by atoms with Crippen LogP contribution in [0.15, 0.2) is 32.5 Å². The van der Waals surface area contributed by atoms with Crippen LogP contribution in [-0.2, 0) is 6.42 Å². The molecule has 0 radical (unpaired) electrons. The summed E-state index contributed by atoms with van der Waals surface area (Å²) in [6.45, 7) is 0. The summed E-state index contributed by atoms with van der Waals surface area (Å²) in [6.07, 6.45) is 0.456. The second-order valence-corrected chi connectivity index (χ2v) is 7.47. The number of hydrogen-bond donors (Lipinski definition) is 0. The summed E-state index contributed by atoms with van der Waals surface area (Å²) in [4.78, 5) is 0.972. The second-order valence-electron chi connectivity index (χ2n) is 3.69. The van der Waals surface area contributed by atoms with E-state index in [-0.39, 0.29) is 5.38 Å². The molecule has 0 N–H and O–H groups in total. The lowest BCUT2D eigenvalue weighted by atomic mass is 10.1. The van der Waals surface area contributed by atoms with E-state index in [1.165, 1.54) is 17.4 Å². The van der Waals surface area contributed by atoms with Gasteiger partial charge in [-0.25, -0.2) is 8.78 Å². The van der Waals surface area contributed by atoms with Crippen LogP contribution in [0.4, 0.5) is 8.78 Å². The number of alkyl halides is 1. The smallest absolute Gasteiger partial charge is 0.159 e. The fraction of sp³-hybridized carbons (Fsp3) is 0.167. The molecule has 96 valence electrons. The van der Waals surface area contributed by atoms with E-state index in [1.54, 1.807) is 6.07 Å². The van der Waals surface area contributed by atoms with Crippen molar-refractivity contribution >= 4 is 54.8 Å². The molecule has 0 amide bonds. The van der Waals surface area contributed by atoms with Crippen LogP contribution in [0.1, 0.15) is 15.8 Å². The van der Waals surface area contributed by atoms with Crippen molar-refractivity contribution < 1.29 is 8.78 Å². The topological polar surface area (TPSA) is 0 Å². The molecule has 0 nitrogen and oxygen atoms in total. The molecular formula is C12H7Br2ClF2S. The molecule has 0 aliphatic heterocycles. The summed E-state index contributed by atoms with van der Waals surface area (Å²) in [7, 11) is 0. The fourth-order valence-electron chi connectivity index (χ4n) is 1.49. The third-order valence-electron chi connectivity index (χ3n) is 2.37. The predicted octanol–water partition coefficient (Wildman–Crippen LogP) is 6.07. The average Bonchev–Trinajstić information content (AvgIpc) is 2.65. The summed E-state index contributed by atoms with van der Waals surface area (Å²) in [5, 5.41) is -0.262. The fourth-order valence-corrected chi connectivity index (χ4v) is 3.93. The van der Waals surface area contributed by atoms with Crippen molar-refractivity contribution in [2.75, 3.05) is 0 Å². The first-order valence-corrected chi connectivity index (χ1v) is 7.84. The lowest BCUT2D eigenvalue weighted by Crippen LogP contribution is -1.95. The number of rotatable bonds is 3. The molecule has 1 unspecified atom stereocenters. The molecule has 0 aliphatic carbocycles. The third-order valence-corrected chi connectivity index (χ3v) is 6.26. The molecule has 1 aromatic heterocycles. The zero-order valence-corrected chi connectivity index (χ0v) is 13.6. The van der Waals surface area contributed by atoms with Gasteiger partial charge in [0.15, 0.2) is 11.6 Å². The molecule has 0 bridgehead atoms. The Morgan fingerprint density at radius 1 is 1.17 bits per heavy atom. The molecule has 0 fully saturated rings. The molecule has 1 atom stereocenters. The number of thiophene rings is 1. The molecule has 0 saturated carbocycles. The van der Waals surface area contributed by atoms with E-state index in [1.807, 2.05) is 6.07 Å². The molecule has 0 spiro atoms. The first-order chi connectivity index (χ1) is 8.47. The molecule has 0 saturated heterocycles. The van der Waals surface area contributed by atoms with Crippen LogP contribution in [-0.4, -0.2) is 0 Å². The zero-order chi connectivity index (χ0) is 13.3. The minimum Gasteiger partial charge on any atom is -0.204 e. The molecule has 1 aromatic carbocycles. The first kappa shape index (κ1) is 14.4. The van der Waals surface area contributed by atoms with Crippen LogP contribution in [0, 0.1) is 11.6 Å². The van der Waals surface area contributed by atoms with Gasteiger partial charge < -0.3 is 0 Å². The summed E-state index contributed by atoms with van der Waals surface area (Å²) in [6, 6.07) is 5.77. The monoisotopic (exact) mass is 414 g/mol. The van der Waals surface area contributed by atoms with Gasteiger partial charge in [-0.2, -0.15) is 0 Å². The van der Waals surface area contributed by atoms with E-state index in [2.05, 4.69) is 31.9 Å². The SMILES string of the molecule is Fc1ccc(CC(Cl)c2cc(Br)c(Br)s2)cc1F. The minimum atomic E-state index is -0.843. The zero-order valence-electron chi connectivity index (χ0n) is 8.89. The van der Waals surface area contributed by atoms with Crippen LogP contribution in [0.2, 0.25) is 0 Å². The van der Waals surface area contributed by atoms with Crippen molar-refractivity contribution in [2.45, 2.75) is 11.8 Å². The Labute approximate surface area is 129 Å². The number of benzene rings is 1. The van der Waals surface area contributed by atoms with Gasteiger partial charge in [0, 0.05) is 9.35 Å². The highest BCUT2D eigenvalue weighted by molar-refractivity contribution is 9.13. The summed E-state index contributed by atoms with van der Waals surface area (Å²) in [5.41, 5.74) is 0.676.